The maximum absolute atomic E-state index is 11.6. The predicted molar refractivity (Wildman–Crippen MR) is 153 cm³/mol. The minimum atomic E-state index is -0.516. The molecule has 0 bridgehead atoms. The Morgan fingerprint density at radius 1 is 0.744 bits per heavy atom. The molecule has 0 aliphatic heterocycles. The fraction of sp³-hybridized carbons (Fsp3) is 0.533. The molecule has 2 aromatic rings. The van der Waals surface area contributed by atoms with Gasteiger partial charge in [0.25, 0.3) is 0 Å². The summed E-state index contributed by atoms with van der Waals surface area (Å²) in [7, 11) is 2.63. The number of aliphatic hydroxyl groups excluding tert-OH is 1. The van der Waals surface area contributed by atoms with Gasteiger partial charge in [-0.25, -0.2) is 9.59 Å². The number of phenolic OH excluding ortho intramolecular Hbond substituents is 1. The lowest BCUT2D eigenvalue weighted by Gasteiger charge is -2.24. The Balaban J connectivity index is 0.000000229. The summed E-state index contributed by atoms with van der Waals surface area (Å²) < 4.78 is 15.2. The third kappa shape index (κ3) is 10.5. The van der Waals surface area contributed by atoms with Crippen LogP contribution in [-0.2, 0) is 9.47 Å². The maximum Gasteiger partial charge on any atom is 0.338 e. The molecule has 0 heterocycles. The molecule has 0 amide bonds. The van der Waals surface area contributed by atoms with E-state index in [1.165, 1.54) is 64.9 Å². The van der Waals surface area contributed by atoms with Gasteiger partial charge in [0.05, 0.1) is 37.6 Å². The van der Waals surface area contributed by atoms with Crippen molar-refractivity contribution in [2.45, 2.75) is 90.3 Å². The van der Waals surface area contributed by atoms with Gasteiger partial charge in [-0.1, -0.05) is 48.9 Å². The van der Waals surface area contributed by atoms with Gasteiger partial charge in [0.15, 0.2) is 0 Å². The van der Waals surface area contributed by atoms with E-state index in [4.69, 9.17) is 37.8 Å². The topological polar surface area (TPSA) is 102 Å². The lowest BCUT2D eigenvalue weighted by atomic mass is 9.97. The van der Waals surface area contributed by atoms with Crippen molar-refractivity contribution < 1.29 is 34.0 Å². The number of rotatable bonds is 4. The monoisotopic (exact) mass is 582 g/mol. The summed E-state index contributed by atoms with van der Waals surface area (Å²) in [5.41, 5.74) is 2.11. The highest BCUT2D eigenvalue weighted by atomic mass is 35.5. The SMILES string of the molecule is COC(=O)c1cc(Cl)c(C)c(OC2CCCCC2)c1.COC(=O)c1cc(O)c(C)c(Cl)c1.OC1CCCCC1. The number of hydrogen-bond acceptors (Lipinski definition) is 7. The molecule has 0 radical (unpaired) electrons. The Hall–Kier alpha value is -2.48. The molecule has 2 fully saturated rings. The number of carbonyl (C=O) groups excluding carboxylic acids is 2. The molecule has 0 saturated heterocycles. The summed E-state index contributed by atoms with van der Waals surface area (Å²) >= 11 is 11.9. The number of esters is 2. The molecule has 0 aromatic heterocycles. The second kappa shape index (κ2) is 16.6. The highest BCUT2D eigenvalue weighted by Gasteiger charge is 2.19. The number of benzene rings is 2. The Labute approximate surface area is 241 Å². The predicted octanol–water partition coefficient (Wildman–Crippen LogP) is 7.60. The van der Waals surface area contributed by atoms with E-state index in [0.717, 1.165) is 31.2 Å². The van der Waals surface area contributed by atoms with Gasteiger partial charge >= 0.3 is 11.9 Å². The van der Waals surface area contributed by atoms with Gasteiger partial charge in [-0.15, -0.1) is 0 Å². The Kier molecular flexibility index (Phi) is 13.9. The molecular weight excluding hydrogens is 543 g/mol. The van der Waals surface area contributed by atoms with E-state index in [1.54, 1.807) is 19.1 Å². The second-order valence-corrected chi connectivity index (χ2v) is 10.7. The van der Waals surface area contributed by atoms with Crippen LogP contribution in [0.1, 0.15) is 96.1 Å². The van der Waals surface area contributed by atoms with Crippen molar-refractivity contribution in [1.82, 2.24) is 0 Å². The van der Waals surface area contributed by atoms with Crippen molar-refractivity contribution >= 4 is 35.1 Å². The van der Waals surface area contributed by atoms with Gasteiger partial charge in [-0.05, 0) is 76.6 Å². The van der Waals surface area contributed by atoms with E-state index in [-0.39, 0.29) is 23.5 Å². The van der Waals surface area contributed by atoms with Crippen LogP contribution >= 0.6 is 23.2 Å². The van der Waals surface area contributed by atoms with Gasteiger partial charge in [0, 0.05) is 21.2 Å². The molecule has 216 valence electrons. The van der Waals surface area contributed by atoms with Crippen molar-refractivity contribution in [3.8, 4) is 11.5 Å². The molecule has 2 aromatic carbocycles. The lowest BCUT2D eigenvalue weighted by molar-refractivity contribution is 0.0591. The Morgan fingerprint density at radius 2 is 1.21 bits per heavy atom. The van der Waals surface area contributed by atoms with Gasteiger partial charge in [0.2, 0.25) is 0 Å². The molecule has 4 rings (SSSR count). The van der Waals surface area contributed by atoms with Gasteiger partial charge < -0.3 is 24.4 Å². The quantitative estimate of drug-likeness (QED) is 0.358. The van der Waals surface area contributed by atoms with Crippen LogP contribution in [0.5, 0.6) is 11.5 Å². The summed E-state index contributed by atoms with van der Waals surface area (Å²) in [4.78, 5) is 22.6. The molecule has 2 saturated carbocycles. The highest BCUT2D eigenvalue weighted by molar-refractivity contribution is 6.32. The van der Waals surface area contributed by atoms with Crippen LogP contribution in [0.25, 0.3) is 0 Å². The third-order valence-electron chi connectivity index (χ3n) is 6.88. The van der Waals surface area contributed by atoms with Gasteiger partial charge in [-0.3, -0.25) is 0 Å². The van der Waals surface area contributed by atoms with Crippen LogP contribution in [0.4, 0.5) is 0 Å². The normalized spacial score (nSPS) is 15.7. The van der Waals surface area contributed by atoms with Crippen molar-refractivity contribution in [1.29, 1.82) is 0 Å². The zero-order valence-electron chi connectivity index (χ0n) is 23.2. The number of aromatic hydroxyl groups is 1. The maximum atomic E-state index is 11.6. The first-order chi connectivity index (χ1) is 18.6. The molecule has 0 unspecified atom stereocenters. The van der Waals surface area contributed by atoms with Crippen LogP contribution in [0, 0.1) is 13.8 Å². The first-order valence-corrected chi connectivity index (χ1v) is 14.1. The summed E-state index contributed by atoms with van der Waals surface area (Å²) in [5.74, 6) is -0.222. The average Bonchev–Trinajstić information content (AvgIpc) is 2.94. The molecule has 7 nitrogen and oxygen atoms in total. The molecule has 0 spiro atoms. The van der Waals surface area contributed by atoms with E-state index in [1.807, 2.05) is 6.92 Å². The van der Waals surface area contributed by atoms with E-state index < -0.39 is 11.9 Å². The summed E-state index contributed by atoms with van der Waals surface area (Å²) in [6, 6.07) is 6.13. The minimum absolute atomic E-state index is 0.00657. The number of ether oxygens (including phenoxy) is 3. The molecule has 2 aliphatic rings. The molecule has 0 atom stereocenters. The second-order valence-electron chi connectivity index (χ2n) is 9.84. The number of phenols is 1. The largest absolute Gasteiger partial charge is 0.508 e. The van der Waals surface area contributed by atoms with E-state index >= 15 is 0 Å². The number of hydrogen-bond donors (Lipinski definition) is 2. The zero-order chi connectivity index (χ0) is 28.9. The number of carbonyl (C=O) groups is 2. The van der Waals surface area contributed by atoms with Crippen LogP contribution < -0.4 is 4.74 Å². The van der Waals surface area contributed by atoms with E-state index in [2.05, 4.69) is 4.74 Å². The molecule has 2 N–H and O–H groups in total. The Morgan fingerprint density at radius 3 is 1.64 bits per heavy atom. The smallest absolute Gasteiger partial charge is 0.338 e. The summed E-state index contributed by atoms with van der Waals surface area (Å²) in [6.07, 6.45) is 12.0. The Bertz CT molecular complexity index is 1070. The molecule has 9 heteroatoms. The number of methoxy groups -OCH3 is 2. The van der Waals surface area contributed by atoms with Crippen molar-refractivity contribution in [2.75, 3.05) is 14.2 Å². The number of halogens is 2. The number of aliphatic hydroxyl groups is 1. The molecule has 2 aliphatic carbocycles. The van der Waals surface area contributed by atoms with Crippen molar-refractivity contribution in [3.63, 3.8) is 0 Å². The first-order valence-electron chi connectivity index (χ1n) is 13.4. The van der Waals surface area contributed by atoms with Crippen LogP contribution in [0.15, 0.2) is 24.3 Å². The summed E-state index contributed by atoms with van der Waals surface area (Å²) in [5, 5.41) is 19.1. The van der Waals surface area contributed by atoms with Gasteiger partial charge in [0.1, 0.15) is 11.5 Å². The average molecular weight is 584 g/mol. The lowest BCUT2D eigenvalue weighted by Crippen LogP contribution is -2.20. The fourth-order valence-electron chi connectivity index (χ4n) is 4.36. The zero-order valence-corrected chi connectivity index (χ0v) is 24.7. The van der Waals surface area contributed by atoms with Crippen LogP contribution in [-0.4, -0.2) is 48.6 Å². The van der Waals surface area contributed by atoms with Crippen molar-refractivity contribution in [3.05, 3.63) is 56.6 Å². The molecule has 39 heavy (non-hydrogen) atoms. The van der Waals surface area contributed by atoms with E-state index in [9.17, 15) is 14.7 Å². The van der Waals surface area contributed by atoms with Gasteiger partial charge in [-0.2, -0.15) is 0 Å². The first kappa shape index (κ1) is 32.7. The van der Waals surface area contributed by atoms with Crippen LogP contribution in [0.3, 0.4) is 0 Å². The van der Waals surface area contributed by atoms with E-state index in [0.29, 0.717) is 26.9 Å². The minimum Gasteiger partial charge on any atom is -0.508 e. The fourth-order valence-corrected chi connectivity index (χ4v) is 4.78. The van der Waals surface area contributed by atoms with Crippen molar-refractivity contribution in [2.24, 2.45) is 0 Å². The van der Waals surface area contributed by atoms with Crippen LogP contribution in [0.2, 0.25) is 10.0 Å². The molecular formula is C30H40Cl2O7. The summed E-state index contributed by atoms with van der Waals surface area (Å²) in [6.45, 7) is 3.57. The third-order valence-corrected chi connectivity index (χ3v) is 7.66. The highest BCUT2D eigenvalue weighted by Crippen LogP contribution is 2.31. The standard InChI is InChI=1S/C15H19ClO3.C9H9ClO3.C6H12O/c1-10-13(16)8-11(15(17)18-2)9-14(10)19-12-6-4-3-5-7-12;1-5-7(10)3-6(4-8(5)11)9(12)13-2;7-6-4-2-1-3-5-6/h8-9,12H,3-7H2,1-2H3;3-4,11H,1-2H3;6-7H,1-5H2.